The summed E-state index contributed by atoms with van der Waals surface area (Å²) in [5.41, 5.74) is 4.84. The lowest BCUT2D eigenvalue weighted by molar-refractivity contribution is 0.940. The van der Waals surface area contributed by atoms with Gasteiger partial charge in [0.05, 0.1) is 13.5 Å². The summed E-state index contributed by atoms with van der Waals surface area (Å²) in [5, 5.41) is 7.84. The summed E-state index contributed by atoms with van der Waals surface area (Å²) in [6.07, 6.45) is 0. The van der Waals surface area contributed by atoms with E-state index in [1.807, 2.05) is 0 Å². The molecular weight excluding hydrogens is 64.0 g/mol. The maximum Gasteiger partial charge on any atom is 0.0899 e. The van der Waals surface area contributed by atoms with Crippen LogP contribution in [0.5, 0.6) is 0 Å². The second-order valence-corrected chi connectivity index (χ2v) is 0.795. The van der Waals surface area contributed by atoms with Crippen LogP contribution in [0.4, 0.5) is 0 Å². The lowest BCUT2D eigenvalue weighted by Gasteiger charge is -1.78. The number of nitrogens with zero attached hydrogens (tertiary/aromatic N) is 1. The fourth-order valence-corrected chi connectivity index (χ4v) is 0. The third kappa shape index (κ3) is 3.45. The highest BCUT2D eigenvalue weighted by atomic mass is 14.6. The monoisotopic (exact) mass is 71.1 g/mol. The summed E-state index contributed by atoms with van der Waals surface area (Å²) >= 11 is 0. The highest BCUT2D eigenvalue weighted by Gasteiger charge is 1.78. The van der Waals surface area contributed by atoms with E-state index in [0.29, 0.717) is 0 Å². The molecule has 0 aliphatic carbocycles. The van der Waals surface area contributed by atoms with Crippen LogP contribution in [-0.2, 0) is 0 Å². The van der Waals surface area contributed by atoms with E-state index in [0.717, 1.165) is 0 Å². The van der Waals surface area contributed by atoms with Crippen LogP contribution in [0.25, 0.3) is 0 Å². The van der Waals surface area contributed by atoms with Gasteiger partial charge in [-0.15, -0.1) is 0 Å². The van der Waals surface area contributed by atoms with Crippen molar-refractivity contribution in [3.8, 4) is 6.07 Å². The number of rotatable bonds is 0. The first kappa shape index (κ1) is 2.67. The molecule has 0 aliphatic rings. The van der Waals surface area contributed by atoms with Crippen molar-refractivity contribution in [1.29, 1.82) is 5.26 Å². The van der Waals surface area contributed by atoms with Crippen LogP contribution >= 0.6 is 0 Å². The van der Waals surface area contributed by atoms with Gasteiger partial charge in [-0.25, -0.2) is 0 Å². The zero-order valence-electron chi connectivity index (χ0n) is 4.02. The molecule has 0 fully saturated rings. The molecule has 0 saturated carbocycles. The third-order valence-electron chi connectivity index (χ3n) is 0.176. The van der Waals surface area contributed by atoms with Gasteiger partial charge < -0.3 is 5.73 Å². The van der Waals surface area contributed by atoms with Crippen LogP contribution in [-0.4, -0.2) is 6.02 Å². The highest BCUT2D eigenvalue weighted by molar-refractivity contribution is 4.80. The molecule has 0 aromatic rings. The summed E-state index contributed by atoms with van der Waals surface area (Å²) in [5.74, 6) is 0. The minimum absolute atomic E-state index is 1.33. The van der Waals surface area contributed by atoms with Gasteiger partial charge in [-0.1, -0.05) is 0 Å². The predicted molar refractivity (Wildman–Crippen MR) is 19.3 cm³/mol. The summed E-state index contributed by atoms with van der Waals surface area (Å²) in [6, 6.07) is 0.146. The van der Waals surface area contributed by atoms with Crippen molar-refractivity contribution in [3.05, 3.63) is 0 Å². The van der Waals surface area contributed by atoms with Crippen LogP contribution in [0.2, 0.25) is 0 Å². The van der Waals surface area contributed by atoms with Gasteiger partial charge in [0.2, 0.25) is 0 Å². The maximum absolute atomic E-state index is 7.84. The van der Waals surface area contributed by atoms with Gasteiger partial charge in [0, 0.05) is 0 Å². The molecular formula is C3H6N2. The quantitative estimate of drug-likeness (QED) is 0.432. The average Bonchev–Trinajstić information content (AvgIpc) is 1.35. The van der Waals surface area contributed by atoms with Crippen LogP contribution < -0.4 is 5.73 Å². The number of hydrogen-bond acceptors (Lipinski definition) is 2. The Morgan fingerprint density at radius 2 is 2.60 bits per heavy atom. The molecule has 2 N–H and O–H groups in total. The molecule has 2 heteroatoms. The molecule has 5 heavy (non-hydrogen) atoms. The predicted octanol–water partition coefficient (Wildman–Crippen LogP) is -0.143. The molecule has 1 atom stereocenters. The van der Waals surface area contributed by atoms with Gasteiger partial charge in [0.1, 0.15) is 0 Å². The summed E-state index contributed by atoms with van der Waals surface area (Å²) in [4.78, 5) is 0. The van der Waals surface area contributed by atoms with Crippen LogP contribution in [0.15, 0.2) is 0 Å². The molecule has 0 amide bonds. The standard InChI is InChI=1S/C3H6N2/c1-3(5)2-4/h3H,5H2,1H3/i3D. The Labute approximate surface area is 32.6 Å². The van der Waals surface area contributed by atoms with Gasteiger partial charge in [-0.2, -0.15) is 5.26 Å². The minimum Gasteiger partial charge on any atom is -0.316 e. The van der Waals surface area contributed by atoms with E-state index < -0.39 is 6.02 Å². The molecule has 2 nitrogen and oxygen atoms in total. The molecule has 0 aliphatic heterocycles. The highest BCUT2D eigenvalue weighted by Crippen LogP contribution is 1.59. The lowest BCUT2D eigenvalue weighted by Crippen LogP contribution is -2.09. The first-order chi connectivity index (χ1) is 2.56. The zero-order valence-corrected chi connectivity index (χ0v) is 3.02. The Kier molecular flexibility index (Phi) is 0.931. The molecule has 0 heterocycles. The first-order valence-electron chi connectivity index (χ1n) is 1.76. The van der Waals surface area contributed by atoms with Crippen molar-refractivity contribution >= 4 is 0 Å². The van der Waals surface area contributed by atoms with E-state index in [-0.39, 0.29) is 0 Å². The van der Waals surface area contributed by atoms with E-state index >= 15 is 0 Å². The Hall–Kier alpha value is -0.550. The summed E-state index contributed by atoms with van der Waals surface area (Å²) in [7, 11) is 0. The van der Waals surface area contributed by atoms with Crippen molar-refractivity contribution in [2.75, 3.05) is 0 Å². The zero-order chi connectivity index (χ0) is 5.21. The lowest BCUT2D eigenvalue weighted by atomic mass is 10.4. The van der Waals surface area contributed by atoms with Gasteiger partial charge >= 0.3 is 0 Å². The molecule has 0 radical (unpaired) electrons. The Balaban J connectivity index is 3.55. The van der Waals surface area contributed by atoms with Crippen LogP contribution in [0.1, 0.15) is 8.29 Å². The summed E-state index contributed by atoms with van der Waals surface area (Å²) in [6.45, 7) is 1.33. The van der Waals surface area contributed by atoms with E-state index in [9.17, 15) is 0 Å². The molecule has 1 unspecified atom stereocenters. The van der Waals surface area contributed by atoms with Gasteiger partial charge in [-0.05, 0) is 6.92 Å². The minimum atomic E-state index is -1.40. The normalized spacial score (nSPS) is 22.2. The number of nitriles is 1. The molecule has 0 rings (SSSR count). The fourth-order valence-electron chi connectivity index (χ4n) is 0. The van der Waals surface area contributed by atoms with Gasteiger partial charge in [0.15, 0.2) is 0 Å². The Morgan fingerprint density at radius 1 is 2.40 bits per heavy atom. The van der Waals surface area contributed by atoms with Gasteiger partial charge in [0.25, 0.3) is 0 Å². The van der Waals surface area contributed by atoms with Crippen LogP contribution in [0, 0.1) is 11.3 Å². The molecule has 0 bridgehead atoms. The topological polar surface area (TPSA) is 49.8 Å². The Bertz CT molecular complexity index is 75.8. The van der Waals surface area contributed by atoms with E-state index in [1.54, 1.807) is 6.07 Å². The van der Waals surface area contributed by atoms with Gasteiger partial charge in [-0.3, -0.25) is 0 Å². The molecule has 28 valence electrons. The number of nitrogens with two attached hydrogens (primary N) is 1. The van der Waals surface area contributed by atoms with Crippen LogP contribution in [0.3, 0.4) is 0 Å². The SMILES string of the molecule is [2H]C(C)(N)C#N. The van der Waals surface area contributed by atoms with Crippen molar-refractivity contribution in [2.45, 2.75) is 12.9 Å². The molecule has 0 saturated heterocycles. The van der Waals surface area contributed by atoms with Crippen molar-refractivity contribution < 1.29 is 1.37 Å². The average molecular weight is 71.1 g/mol. The molecule has 0 aromatic heterocycles. The fraction of sp³-hybridized carbons (Fsp3) is 0.667. The third-order valence-corrected chi connectivity index (χ3v) is 0.176. The van der Waals surface area contributed by atoms with Crippen molar-refractivity contribution in [1.82, 2.24) is 0 Å². The Morgan fingerprint density at radius 3 is 2.60 bits per heavy atom. The van der Waals surface area contributed by atoms with E-state index in [4.69, 9.17) is 12.4 Å². The second kappa shape index (κ2) is 1.74. The van der Waals surface area contributed by atoms with Crippen molar-refractivity contribution in [3.63, 3.8) is 0 Å². The number of hydrogen-bond donors (Lipinski definition) is 1. The molecule has 0 spiro atoms. The maximum atomic E-state index is 7.84. The summed E-state index contributed by atoms with van der Waals surface area (Å²) < 4.78 is 6.60. The second-order valence-electron chi connectivity index (χ2n) is 0.795. The van der Waals surface area contributed by atoms with E-state index in [1.165, 1.54) is 6.92 Å². The largest absolute Gasteiger partial charge is 0.316 e. The smallest absolute Gasteiger partial charge is 0.0899 e. The first-order valence-corrected chi connectivity index (χ1v) is 1.26. The van der Waals surface area contributed by atoms with E-state index in [2.05, 4.69) is 0 Å². The molecule has 0 aromatic carbocycles. The van der Waals surface area contributed by atoms with Crippen molar-refractivity contribution in [2.24, 2.45) is 5.73 Å².